The fourth-order valence-electron chi connectivity index (χ4n) is 1.01. The van der Waals surface area contributed by atoms with Crippen LogP contribution in [0.2, 0.25) is 0 Å². The van der Waals surface area contributed by atoms with Crippen LogP contribution >= 0.6 is 15.9 Å². The van der Waals surface area contributed by atoms with Gasteiger partial charge in [-0.2, -0.15) is 0 Å². The van der Waals surface area contributed by atoms with Gasteiger partial charge in [-0.3, -0.25) is 4.79 Å². The third-order valence-corrected chi connectivity index (χ3v) is 2.15. The van der Waals surface area contributed by atoms with Gasteiger partial charge in [0.2, 0.25) is 0 Å². The van der Waals surface area contributed by atoms with E-state index in [2.05, 4.69) is 20.9 Å². The molecule has 0 radical (unpaired) electrons. The lowest BCUT2D eigenvalue weighted by molar-refractivity contribution is 0.101. The maximum Gasteiger partial charge on any atom is 0.178 e. The molecule has 1 aromatic heterocycles. The number of carbonyl (C=O) groups excluding carboxylic acids is 1. The highest BCUT2D eigenvalue weighted by atomic mass is 79.9. The number of hydrogen-bond donors (Lipinski definition) is 0. The van der Waals surface area contributed by atoms with E-state index in [0.717, 1.165) is 17.4 Å². The summed E-state index contributed by atoms with van der Waals surface area (Å²) in [6.07, 6.45) is 4.92. The van der Waals surface area contributed by atoms with Gasteiger partial charge in [0.1, 0.15) is 5.69 Å². The topological polar surface area (TPSA) is 30.0 Å². The Balaban J connectivity index is 2.78. The second-order valence-electron chi connectivity index (χ2n) is 2.88. The first-order valence-electron chi connectivity index (χ1n) is 4.44. The number of pyridine rings is 1. The molecule has 0 N–H and O–H groups in total. The first kappa shape index (κ1) is 11.1. The molecule has 0 aliphatic heterocycles. The van der Waals surface area contributed by atoms with Crippen LogP contribution < -0.4 is 0 Å². The van der Waals surface area contributed by atoms with Crippen molar-refractivity contribution in [1.29, 1.82) is 0 Å². The van der Waals surface area contributed by atoms with Gasteiger partial charge in [0.25, 0.3) is 0 Å². The summed E-state index contributed by atoms with van der Waals surface area (Å²) < 4.78 is 0. The quantitative estimate of drug-likeness (QED) is 0.610. The third-order valence-electron chi connectivity index (χ3n) is 1.70. The van der Waals surface area contributed by atoms with E-state index in [0.29, 0.717) is 5.69 Å². The van der Waals surface area contributed by atoms with Crippen LogP contribution in [-0.2, 0) is 0 Å². The number of aromatic nitrogens is 1. The molecule has 3 heteroatoms. The van der Waals surface area contributed by atoms with Crippen LogP contribution in [0.4, 0.5) is 0 Å². The van der Waals surface area contributed by atoms with Gasteiger partial charge in [-0.15, -0.1) is 0 Å². The second-order valence-corrected chi connectivity index (χ2v) is 3.68. The number of alkyl halides is 1. The Kier molecular flexibility index (Phi) is 4.53. The first-order valence-corrected chi connectivity index (χ1v) is 5.56. The molecule has 0 aliphatic rings. The Labute approximate surface area is 92.2 Å². The standard InChI is InChI=1S/C11H12BrNO/c1-9(14)11-7-4-6-10(13-11)5-2-3-8-12/h2,4-7H,3,8H2,1H3. The number of halogens is 1. The summed E-state index contributed by atoms with van der Waals surface area (Å²) in [4.78, 5) is 15.2. The van der Waals surface area contributed by atoms with E-state index in [9.17, 15) is 4.79 Å². The molecule has 0 atom stereocenters. The molecule has 74 valence electrons. The summed E-state index contributed by atoms with van der Waals surface area (Å²) in [6.45, 7) is 1.52. The SMILES string of the molecule is CC(=O)c1cccc(C=CCCBr)n1. The Bertz CT molecular complexity index is 347. The average molecular weight is 254 g/mol. The normalized spacial score (nSPS) is 10.7. The summed E-state index contributed by atoms with van der Waals surface area (Å²) in [7, 11) is 0. The molecule has 0 aliphatic carbocycles. The Morgan fingerprint density at radius 1 is 1.57 bits per heavy atom. The van der Waals surface area contributed by atoms with Gasteiger partial charge in [-0.1, -0.05) is 28.1 Å². The fraction of sp³-hybridized carbons (Fsp3) is 0.273. The van der Waals surface area contributed by atoms with Crippen LogP contribution in [0.15, 0.2) is 24.3 Å². The average Bonchev–Trinajstić information content (AvgIpc) is 2.19. The summed E-state index contributed by atoms with van der Waals surface area (Å²) in [5.41, 5.74) is 1.35. The van der Waals surface area contributed by atoms with Crippen LogP contribution in [0, 0.1) is 0 Å². The third kappa shape index (κ3) is 3.42. The van der Waals surface area contributed by atoms with Gasteiger partial charge in [0.15, 0.2) is 5.78 Å². The monoisotopic (exact) mass is 253 g/mol. The second kappa shape index (κ2) is 5.70. The minimum Gasteiger partial charge on any atom is -0.293 e. The van der Waals surface area contributed by atoms with Crippen molar-refractivity contribution in [3.05, 3.63) is 35.7 Å². The fourth-order valence-corrected chi connectivity index (χ4v) is 1.27. The first-order chi connectivity index (χ1) is 6.74. The van der Waals surface area contributed by atoms with Crippen LogP contribution in [-0.4, -0.2) is 16.1 Å². The summed E-state index contributed by atoms with van der Waals surface area (Å²) >= 11 is 3.33. The van der Waals surface area contributed by atoms with Gasteiger partial charge in [0, 0.05) is 12.3 Å². The van der Waals surface area contributed by atoms with Crippen molar-refractivity contribution in [1.82, 2.24) is 4.98 Å². The van der Waals surface area contributed by atoms with Gasteiger partial charge in [0.05, 0.1) is 5.69 Å². The number of Topliss-reactive ketones (excluding diaryl/α,β-unsaturated/α-hetero) is 1. The zero-order valence-corrected chi connectivity index (χ0v) is 9.62. The van der Waals surface area contributed by atoms with E-state index < -0.39 is 0 Å². The number of ketones is 1. The molecule has 14 heavy (non-hydrogen) atoms. The van der Waals surface area contributed by atoms with Crippen LogP contribution in [0.5, 0.6) is 0 Å². The molecule has 0 fully saturated rings. The number of nitrogens with zero attached hydrogens (tertiary/aromatic N) is 1. The Morgan fingerprint density at radius 2 is 2.36 bits per heavy atom. The van der Waals surface area contributed by atoms with Crippen molar-refractivity contribution < 1.29 is 4.79 Å². The van der Waals surface area contributed by atoms with E-state index in [4.69, 9.17) is 0 Å². The molecule has 0 saturated heterocycles. The molecule has 1 rings (SSSR count). The van der Waals surface area contributed by atoms with Crippen LogP contribution in [0.3, 0.4) is 0 Å². The maximum atomic E-state index is 11.0. The molecule has 0 unspecified atom stereocenters. The summed E-state index contributed by atoms with van der Waals surface area (Å²) in [5, 5.41) is 0.940. The van der Waals surface area contributed by atoms with Crippen molar-refractivity contribution in [3.8, 4) is 0 Å². The van der Waals surface area contributed by atoms with Crippen molar-refractivity contribution in [2.24, 2.45) is 0 Å². The van der Waals surface area contributed by atoms with Gasteiger partial charge >= 0.3 is 0 Å². The van der Waals surface area contributed by atoms with E-state index in [1.807, 2.05) is 24.3 Å². The number of carbonyl (C=O) groups is 1. The predicted octanol–water partition coefficient (Wildman–Crippen LogP) is 3.08. The largest absolute Gasteiger partial charge is 0.293 e. The molecule has 2 nitrogen and oxygen atoms in total. The van der Waals surface area contributed by atoms with E-state index in [-0.39, 0.29) is 5.78 Å². The molecular weight excluding hydrogens is 242 g/mol. The lowest BCUT2D eigenvalue weighted by Crippen LogP contribution is -1.96. The van der Waals surface area contributed by atoms with Gasteiger partial charge in [-0.05, 0) is 24.6 Å². The Hall–Kier alpha value is -0.960. The number of allylic oxidation sites excluding steroid dienone is 1. The lowest BCUT2D eigenvalue weighted by Gasteiger charge is -1.96. The number of hydrogen-bond acceptors (Lipinski definition) is 2. The molecular formula is C11H12BrNO. The minimum absolute atomic E-state index is 0.000687. The number of rotatable bonds is 4. The van der Waals surface area contributed by atoms with E-state index >= 15 is 0 Å². The van der Waals surface area contributed by atoms with Gasteiger partial charge in [-0.25, -0.2) is 4.98 Å². The highest BCUT2D eigenvalue weighted by Gasteiger charge is 1.99. The molecule has 0 aromatic carbocycles. The predicted molar refractivity (Wildman–Crippen MR) is 61.7 cm³/mol. The van der Waals surface area contributed by atoms with Crippen LogP contribution in [0.25, 0.3) is 6.08 Å². The van der Waals surface area contributed by atoms with Crippen molar-refractivity contribution in [2.75, 3.05) is 5.33 Å². The Morgan fingerprint density at radius 3 is 3.00 bits per heavy atom. The minimum atomic E-state index is 0.000687. The van der Waals surface area contributed by atoms with E-state index in [1.54, 1.807) is 6.07 Å². The molecule has 0 amide bonds. The van der Waals surface area contributed by atoms with Gasteiger partial charge < -0.3 is 0 Å². The van der Waals surface area contributed by atoms with Crippen molar-refractivity contribution >= 4 is 27.8 Å². The van der Waals surface area contributed by atoms with Crippen molar-refractivity contribution in [2.45, 2.75) is 13.3 Å². The van der Waals surface area contributed by atoms with Crippen LogP contribution in [0.1, 0.15) is 29.5 Å². The summed E-state index contributed by atoms with van der Waals surface area (Å²) in [5.74, 6) is 0.000687. The molecule has 1 heterocycles. The lowest BCUT2D eigenvalue weighted by atomic mass is 10.2. The molecule has 0 bridgehead atoms. The highest BCUT2D eigenvalue weighted by molar-refractivity contribution is 9.09. The van der Waals surface area contributed by atoms with Crippen molar-refractivity contribution in [3.63, 3.8) is 0 Å². The zero-order valence-electron chi connectivity index (χ0n) is 8.03. The summed E-state index contributed by atoms with van der Waals surface area (Å²) in [6, 6.07) is 5.46. The maximum absolute atomic E-state index is 11.0. The molecule has 0 saturated carbocycles. The van der Waals surface area contributed by atoms with E-state index in [1.165, 1.54) is 6.92 Å². The highest BCUT2D eigenvalue weighted by Crippen LogP contribution is 2.03. The smallest absolute Gasteiger partial charge is 0.178 e. The molecule has 1 aromatic rings. The zero-order chi connectivity index (χ0) is 10.4. The molecule has 0 spiro atoms.